The molecule has 92 valence electrons. The van der Waals surface area contributed by atoms with Crippen molar-refractivity contribution >= 4 is 21.8 Å². The highest BCUT2D eigenvalue weighted by molar-refractivity contribution is 5.98. The van der Waals surface area contributed by atoms with Crippen molar-refractivity contribution in [3.05, 3.63) is 40.7 Å². The third-order valence-electron chi connectivity index (χ3n) is 4.07. The number of nitrogens with zero attached hydrogens (tertiary/aromatic N) is 2. The minimum Gasteiger partial charge on any atom is -0.348 e. The summed E-state index contributed by atoms with van der Waals surface area (Å²) in [7, 11) is 2.12. The highest BCUT2D eigenvalue weighted by Crippen LogP contribution is 2.29. The number of hydrogen-bond acceptors (Lipinski definition) is 1. The predicted molar refractivity (Wildman–Crippen MR) is 77.2 cm³/mol. The SMILES string of the molecule is Cc1cc(C)c2cc3c(C)c(C)n(C)c3cc2n1. The number of benzene rings is 1. The minimum absolute atomic E-state index is 1.09. The maximum atomic E-state index is 4.65. The van der Waals surface area contributed by atoms with Crippen molar-refractivity contribution in [3.63, 3.8) is 0 Å². The van der Waals surface area contributed by atoms with Gasteiger partial charge in [0.1, 0.15) is 0 Å². The van der Waals surface area contributed by atoms with E-state index in [2.05, 4.69) is 62.5 Å². The molecular formula is C16H18N2. The fourth-order valence-electron chi connectivity index (χ4n) is 2.80. The number of fused-ring (bicyclic) bond motifs is 2. The Hall–Kier alpha value is -1.83. The molecule has 0 atom stereocenters. The molecule has 2 aromatic heterocycles. The van der Waals surface area contributed by atoms with Crippen LogP contribution in [0.15, 0.2) is 18.2 Å². The molecule has 2 heteroatoms. The van der Waals surface area contributed by atoms with Crippen molar-refractivity contribution < 1.29 is 0 Å². The van der Waals surface area contributed by atoms with Crippen molar-refractivity contribution in [2.75, 3.05) is 0 Å². The van der Waals surface area contributed by atoms with Gasteiger partial charge in [-0.05, 0) is 57.0 Å². The van der Waals surface area contributed by atoms with Gasteiger partial charge in [-0.25, -0.2) is 0 Å². The van der Waals surface area contributed by atoms with Crippen LogP contribution in [-0.2, 0) is 7.05 Å². The molecule has 0 amide bonds. The summed E-state index contributed by atoms with van der Waals surface area (Å²) in [5, 5.41) is 2.61. The van der Waals surface area contributed by atoms with E-state index in [-0.39, 0.29) is 0 Å². The van der Waals surface area contributed by atoms with Crippen molar-refractivity contribution in [2.45, 2.75) is 27.7 Å². The molecular weight excluding hydrogens is 220 g/mol. The van der Waals surface area contributed by atoms with E-state index in [4.69, 9.17) is 0 Å². The number of rotatable bonds is 0. The van der Waals surface area contributed by atoms with Crippen molar-refractivity contribution in [3.8, 4) is 0 Å². The summed E-state index contributed by atoms with van der Waals surface area (Å²) in [6.07, 6.45) is 0. The van der Waals surface area contributed by atoms with Crippen LogP contribution in [-0.4, -0.2) is 9.55 Å². The second-order valence-corrected chi connectivity index (χ2v) is 5.24. The molecule has 2 nitrogen and oxygen atoms in total. The zero-order chi connectivity index (χ0) is 13.0. The fraction of sp³-hybridized carbons (Fsp3) is 0.312. The van der Waals surface area contributed by atoms with Crippen LogP contribution in [0.1, 0.15) is 22.5 Å². The highest BCUT2D eigenvalue weighted by Gasteiger charge is 2.11. The molecule has 1 aromatic carbocycles. The molecule has 0 fully saturated rings. The quantitative estimate of drug-likeness (QED) is 0.579. The van der Waals surface area contributed by atoms with E-state index in [9.17, 15) is 0 Å². The average Bonchev–Trinajstić information content (AvgIpc) is 2.53. The van der Waals surface area contributed by atoms with E-state index in [1.807, 2.05) is 0 Å². The van der Waals surface area contributed by atoms with Crippen LogP contribution in [0.5, 0.6) is 0 Å². The van der Waals surface area contributed by atoms with Gasteiger partial charge in [-0.2, -0.15) is 0 Å². The summed E-state index contributed by atoms with van der Waals surface area (Å²) in [6, 6.07) is 6.65. The lowest BCUT2D eigenvalue weighted by atomic mass is 10.0. The van der Waals surface area contributed by atoms with E-state index in [1.165, 1.54) is 33.1 Å². The van der Waals surface area contributed by atoms with Gasteiger partial charge in [0.15, 0.2) is 0 Å². The Morgan fingerprint density at radius 2 is 1.67 bits per heavy atom. The first kappa shape index (κ1) is 11.3. The molecule has 0 saturated carbocycles. The molecule has 0 saturated heterocycles. The Morgan fingerprint density at radius 3 is 2.39 bits per heavy atom. The molecule has 3 rings (SSSR count). The Kier molecular flexibility index (Phi) is 2.24. The first-order valence-corrected chi connectivity index (χ1v) is 6.32. The lowest BCUT2D eigenvalue weighted by Gasteiger charge is -2.05. The first-order valence-electron chi connectivity index (χ1n) is 6.32. The third-order valence-corrected chi connectivity index (χ3v) is 4.07. The Labute approximate surface area is 107 Å². The van der Waals surface area contributed by atoms with Gasteiger partial charge in [-0.15, -0.1) is 0 Å². The van der Waals surface area contributed by atoms with Crippen LogP contribution in [0.2, 0.25) is 0 Å². The minimum atomic E-state index is 1.09. The van der Waals surface area contributed by atoms with Gasteiger partial charge in [-0.1, -0.05) is 0 Å². The van der Waals surface area contributed by atoms with E-state index >= 15 is 0 Å². The largest absolute Gasteiger partial charge is 0.348 e. The van der Waals surface area contributed by atoms with Crippen LogP contribution in [0.4, 0.5) is 0 Å². The van der Waals surface area contributed by atoms with Gasteiger partial charge < -0.3 is 4.57 Å². The van der Waals surface area contributed by atoms with Crippen molar-refractivity contribution in [2.24, 2.45) is 7.05 Å². The summed E-state index contributed by atoms with van der Waals surface area (Å²) in [5.74, 6) is 0. The van der Waals surface area contributed by atoms with E-state index < -0.39 is 0 Å². The highest BCUT2D eigenvalue weighted by atomic mass is 14.9. The number of aromatic nitrogens is 2. The second-order valence-electron chi connectivity index (χ2n) is 5.24. The number of aryl methyl sites for hydroxylation is 4. The fourth-order valence-corrected chi connectivity index (χ4v) is 2.80. The smallest absolute Gasteiger partial charge is 0.0729 e. The zero-order valence-electron chi connectivity index (χ0n) is 11.6. The van der Waals surface area contributed by atoms with E-state index in [1.54, 1.807) is 0 Å². The molecule has 0 aliphatic heterocycles. The Bertz CT molecular complexity index is 779. The van der Waals surface area contributed by atoms with Gasteiger partial charge in [0.25, 0.3) is 0 Å². The molecule has 0 aliphatic rings. The van der Waals surface area contributed by atoms with Gasteiger partial charge in [0, 0.05) is 29.2 Å². The lowest BCUT2D eigenvalue weighted by Crippen LogP contribution is -1.91. The van der Waals surface area contributed by atoms with Gasteiger partial charge in [-0.3, -0.25) is 4.98 Å². The topological polar surface area (TPSA) is 17.8 Å². The van der Waals surface area contributed by atoms with Gasteiger partial charge >= 0.3 is 0 Å². The summed E-state index contributed by atoms with van der Waals surface area (Å²) in [5.41, 5.74) is 7.46. The zero-order valence-corrected chi connectivity index (χ0v) is 11.6. The van der Waals surface area contributed by atoms with Crippen molar-refractivity contribution in [1.29, 1.82) is 0 Å². The Balaban J connectivity index is 2.55. The van der Waals surface area contributed by atoms with Gasteiger partial charge in [0.2, 0.25) is 0 Å². The molecule has 0 aliphatic carbocycles. The summed E-state index contributed by atoms with van der Waals surface area (Å²) in [4.78, 5) is 4.65. The van der Waals surface area contributed by atoms with Crippen LogP contribution in [0, 0.1) is 27.7 Å². The van der Waals surface area contributed by atoms with E-state index in [0.717, 1.165) is 11.2 Å². The molecule has 0 unspecified atom stereocenters. The number of pyridine rings is 1. The molecule has 2 heterocycles. The Morgan fingerprint density at radius 1 is 0.944 bits per heavy atom. The van der Waals surface area contributed by atoms with E-state index in [0.29, 0.717) is 0 Å². The molecule has 18 heavy (non-hydrogen) atoms. The van der Waals surface area contributed by atoms with Gasteiger partial charge in [0.05, 0.1) is 11.0 Å². The normalized spacial score (nSPS) is 11.6. The summed E-state index contributed by atoms with van der Waals surface area (Å²) < 4.78 is 2.25. The average molecular weight is 238 g/mol. The maximum absolute atomic E-state index is 4.65. The summed E-state index contributed by atoms with van der Waals surface area (Å²) >= 11 is 0. The van der Waals surface area contributed by atoms with Crippen LogP contribution < -0.4 is 0 Å². The van der Waals surface area contributed by atoms with Crippen LogP contribution in [0.3, 0.4) is 0 Å². The molecule has 3 aromatic rings. The second kappa shape index (κ2) is 3.58. The summed E-state index contributed by atoms with van der Waals surface area (Å²) in [6.45, 7) is 8.58. The van der Waals surface area contributed by atoms with Crippen LogP contribution >= 0.6 is 0 Å². The first-order chi connectivity index (χ1) is 8.49. The number of hydrogen-bond donors (Lipinski definition) is 0. The monoisotopic (exact) mass is 238 g/mol. The molecule has 0 radical (unpaired) electrons. The molecule has 0 spiro atoms. The standard InChI is InChI=1S/C16H18N2/c1-9-6-10(2)17-15-8-16-14(7-13(9)15)11(3)12(4)18(16)5/h6-8H,1-5H3. The van der Waals surface area contributed by atoms with Crippen LogP contribution in [0.25, 0.3) is 21.8 Å². The molecule has 0 N–H and O–H groups in total. The molecule has 0 bridgehead atoms. The predicted octanol–water partition coefficient (Wildman–Crippen LogP) is 3.96. The maximum Gasteiger partial charge on any atom is 0.0729 e. The van der Waals surface area contributed by atoms with Crippen molar-refractivity contribution in [1.82, 2.24) is 9.55 Å². The third kappa shape index (κ3) is 1.38. The lowest BCUT2D eigenvalue weighted by molar-refractivity contribution is 0.911.